The van der Waals surface area contributed by atoms with E-state index in [0.717, 1.165) is 12.4 Å². The van der Waals surface area contributed by atoms with E-state index in [-0.39, 0.29) is 0 Å². The summed E-state index contributed by atoms with van der Waals surface area (Å²) in [4.78, 5) is 4.31. The minimum atomic E-state index is 0.378. The Balaban J connectivity index is 1.85. The van der Waals surface area contributed by atoms with Gasteiger partial charge in [-0.25, -0.2) is 4.98 Å². The molecule has 2 atom stereocenters. The molecule has 82 valence electrons. The Labute approximate surface area is 91.1 Å². The van der Waals surface area contributed by atoms with Crippen molar-refractivity contribution in [2.45, 2.75) is 32.2 Å². The summed E-state index contributed by atoms with van der Waals surface area (Å²) in [5, 5.41) is 3.35. The highest BCUT2D eigenvalue weighted by Gasteiger charge is 2.23. The van der Waals surface area contributed by atoms with E-state index in [1.54, 1.807) is 0 Å². The second kappa shape index (κ2) is 4.62. The number of hydrogen-bond acceptors (Lipinski definition) is 3. The van der Waals surface area contributed by atoms with Crippen molar-refractivity contribution in [2.75, 3.05) is 11.9 Å². The summed E-state index contributed by atoms with van der Waals surface area (Å²) in [6.07, 6.45) is 5.58. The van der Waals surface area contributed by atoms with Crippen molar-refractivity contribution in [1.29, 1.82) is 0 Å². The molecule has 0 spiro atoms. The third kappa shape index (κ3) is 2.69. The molecule has 3 nitrogen and oxygen atoms in total. The van der Waals surface area contributed by atoms with E-state index >= 15 is 0 Å². The van der Waals surface area contributed by atoms with Crippen molar-refractivity contribution in [2.24, 2.45) is 11.7 Å². The van der Waals surface area contributed by atoms with E-state index in [1.165, 1.54) is 24.8 Å². The number of nitrogens with two attached hydrogens (primary N) is 1. The maximum absolute atomic E-state index is 6.01. The Hall–Kier alpha value is -1.09. The molecule has 3 heteroatoms. The van der Waals surface area contributed by atoms with Crippen molar-refractivity contribution in [1.82, 2.24) is 4.98 Å². The second-order valence-electron chi connectivity index (χ2n) is 4.46. The number of nitrogens with one attached hydrogen (secondary N) is 1. The van der Waals surface area contributed by atoms with Crippen LogP contribution in [0.15, 0.2) is 18.3 Å². The monoisotopic (exact) mass is 205 g/mol. The molecule has 1 aliphatic rings. The second-order valence-corrected chi connectivity index (χ2v) is 4.46. The van der Waals surface area contributed by atoms with Crippen LogP contribution in [0.2, 0.25) is 0 Å². The van der Waals surface area contributed by atoms with Crippen LogP contribution in [-0.2, 0) is 0 Å². The van der Waals surface area contributed by atoms with E-state index in [9.17, 15) is 0 Å². The third-order valence-electron chi connectivity index (χ3n) is 3.17. The summed E-state index contributed by atoms with van der Waals surface area (Å²) in [6.45, 7) is 3.00. The molecule has 0 aliphatic heterocycles. The minimum absolute atomic E-state index is 0.378. The average Bonchev–Trinajstić information content (AvgIpc) is 2.63. The predicted octanol–water partition coefficient (Wildman–Crippen LogP) is 1.93. The van der Waals surface area contributed by atoms with Crippen molar-refractivity contribution in [3.8, 4) is 0 Å². The molecule has 2 unspecified atom stereocenters. The largest absolute Gasteiger partial charge is 0.370 e. The highest BCUT2D eigenvalue weighted by atomic mass is 15.0. The number of pyridine rings is 1. The molecule has 0 radical (unpaired) electrons. The van der Waals surface area contributed by atoms with Gasteiger partial charge in [-0.05, 0) is 37.3 Å². The fourth-order valence-corrected chi connectivity index (χ4v) is 2.13. The van der Waals surface area contributed by atoms with E-state index in [1.807, 2.05) is 19.2 Å². The van der Waals surface area contributed by atoms with Gasteiger partial charge in [-0.3, -0.25) is 0 Å². The quantitative estimate of drug-likeness (QED) is 0.792. The zero-order valence-corrected chi connectivity index (χ0v) is 9.24. The van der Waals surface area contributed by atoms with Crippen molar-refractivity contribution < 1.29 is 0 Å². The highest BCUT2D eigenvalue weighted by Crippen LogP contribution is 2.23. The van der Waals surface area contributed by atoms with Crippen LogP contribution in [0, 0.1) is 12.8 Å². The van der Waals surface area contributed by atoms with Crippen LogP contribution in [0.5, 0.6) is 0 Å². The molecule has 2 rings (SSSR count). The molecule has 1 saturated carbocycles. The number of aryl methyl sites for hydroxylation is 1. The predicted molar refractivity (Wildman–Crippen MR) is 62.8 cm³/mol. The van der Waals surface area contributed by atoms with Gasteiger partial charge in [0.05, 0.1) is 0 Å². The fraction of sp³-hybridized carbons (Fsp3) is 0.583. The van der Waals surface area contributed by atoms with Crippen LogP contribution in [0.4, 0.5) is 5.82 Å². The van der Waals surface area contributed by atoms with Crippen molar-refractivity contribution in [3.63, 3.8) is 0 Å². The zero-order valence-electron chi connectivity index (χ0n) is 9.24. The van der Waals surface area contributed by atoms with Crippen LogP contribution >= 0.6 is 0 Å². The minimum Gasteiger partial charge on any atom is -0.370 e. The first-order chi connectivity index (χ1) is 7.25. The number of rotatable bonds is 3. The number of nitrogens with zero attached hydrogens (tertiary/aromatic N) is 1. The molecule has 0 bridgehead atoms. The van der Waals surface area contributed by atoms with Gasteiger partial charge in [0.25, 0.3) is 0 Å². The number of anilines is 1. The molecule has 3 N–H and O–H groups in total. The lowest BCUT2D eigenvalue weighted by Gasteiger charge is -2.16. The lowest BCUT2D eigenvalue weighted by Crippen LogP contribution is -2.29. The summed E-state index contributed by atoms with van der Waals surface area (Å²) in [7, 11) is 0. The Bertz CT molecular complexity index is 307. The molecular formula is C12H19N3. The molecule has 1 aromatic heterocycles. The van der Waals surface area contributed by atoms with Gasteiger partial charge < -0.3 is 11.1 Å². The molecule has 0 aromatic carbocycles. The smallest absolute Gasteiger partial charge is 0.125 e. The zero-order chi connectivity index (χ0) is 10.7. The Morgan fingerprint density at radius 3 is 2.93 bits per heavy atom. The van der Waals surface area contributed by atoms with Gasteiger partial charge in [0.2, 0.25) is 0 Å². The summed E-state index contributed by atoms with van der Waals surface area (Å²) in [5.41, 5.74) is 7.20. The van der Waals surface area contributed by atoms with Gasteiger partial charge in [0.15, 0.2) is 0 Å². The van der Waals surface area contributed by atoms with Crippen molar-refractivity contribution >= 4 is 5.82 Å². The van der Waals surface area contributed by atoms with E-state index < -0.39 is 0 Å². The van der Waals surface area contributed by atoms with E-state index in [0.29, 0.717) is 12.0 Å². The van der Waals surface area contributed by atoms with Crippen LogP contribution in [0.3, 0.4) is 0 Å². The maximum atomic E-state index is 6.01. The molecule has 1 fully saturated rings. The normalized spacial score (nSPS) is 25.5. The summed E-state index contributed by atoms with van der Waals surface area (Å²) >= 11 is 0. The summed E-state index contributed by atoms with van der Waals surface area (Å²) in [5.74, 6) is 1.58. The number of hydrogen-bond donors (Lipinski definition) is 2. The molecule has 0 saturated heterocycles. The molecular weight excluding hydrogens is 186 g/mol. The van der Waals surface area contributed by atoms with Crippen LogP contribution in [-0.4, -0.2) is 17.6 Å². The topological polar surface area (TPSA) is 50.9 Å². The lowest BCUT2D eigenvalue weighted by molar-refractivity contribution is 0.504. The van der Waals surface area contributed by atoms with Gasteiger partial charge in [-0.1, -0.05) is 12.5 Å². The molecule has 1 aliphatic carbocycles. The van der Waals surface area contributed by atoms with Crippen molar-refractivity contribution in [3.05, 3.63) is 23.9 Å². The van der Waals surface area contributed by atoms with E-state index in [2.05, 4.69) is 16.4 Å². The van der Waals surface area contributed by atoms with Gasteiger partial charge >= 0.3 is 0 Å². The van der Waals surface area contributed by atoms with Crippen LogP contribution < -0.4 is 11.1 Å². The fourth-order valence-electron chi connectivity index (χ4n) is 2.13. The Morgan fingerprint density at radius 2 is 2.33 bits per heavy atom. The molecule has 15 heavy (non-hydrogen) atoms. The van der Waals surface area contributed by atoms with Gasteiger partial charge in [0.1, 0.15) is 5.82 Å². The SMILES string of the molecule is Cc1ccc(NCC2CCCC2N)nc1. The van der Waals surface area contributed by atoms with Crippen LogP contribution in [0.25, 0.3) is 0 Å². The van der Waals surface area contributed by atoms with Gasteiger partial charge in [-0.2, -0.15) is 0 Å². The Morgan fingerprint density at radius 1 is 1.47 bits per heavy atom. The lowest BCUT2D eigenvalue weighted by atomic mass is 10.1. The molecule has 0 amide bonds. The molecule has 1 aromatic rings. The highest BCUT2D eigenvalue weighted by molar-refractivity contribution is 5.35. The maximum Gasteiger partial charge on any atom is 0.125 e. The standard InChI is InChI=1S/C12H19N3/c1-9-5-6-12(14-7-9)15-8-10-3-2-4-11(10)13/h5-7,10-11H,2-4,8,13H2,1H3,(H,14,15). The molecule has 1 heterocycles. The average molecular weight is 205 g/mol. The van der Waals surface area contributed by atoms with Crippen LogP contribution in [0.1, 0.15) is 24.8 Å². The van der Waals surface area contributed by atoms with Gasteiger partial charge in [0, 0.05) is 18.8 Å². The third-order valence-corrected chi connectivity index (χ3v) is 3.17. The summed E-state index contributed by atoms with van der Waals surface area (Å²) in [6, 6.07) is 4.47. The first-order valence-corrected chi connectivity index (χ1v) is 5.68. The number of aromatic nitrogens is 1. The Kier molecular flexibility index (Phi) is 3.21. The first kappa shape index (κ1) is 10.4. The van der Waals surface area contributed by atoms with Gasteiger partial charge in [-0.15, -0.1) is 0 Å². The summed E-state index contributed by atoms with van der Waals surface area (Å²) < 4.78 is 0. The van der Waals surface area contributed by atoms with E-state index in [4.69, 9.17) is 5.73 Å². The first-order valence-electron chi connectivity index (χ1n) is 5.68.